The summed E-state index contributed by atoms with van der Waals surface area (Å²) >= 11 is 0. The molecule has 2 rings (SSSR count). The lowest BCUT2D eigenvalue weighted by molar-refractivity contribution is 0.0926. The zero-order valence-corrected chi connectivity index (χ0v) is 9.45. The predicted octanol–water partition coefficient (Wildman–Crippen LogP) is 2.49. The lowest BCUT2D eigenvalue weighted by atomic mass is 10.1. The van der Waals surface area contributed by atoms with Crippen molar-refractivity contribution in [3.63, 3.8) is 0 Å². The number of carbonyl (C=O) groups is 1. The van der Waals surface area contributed by atoms with Crippen molar-refractivity contribution in [2.24, 2.45) is 0 Å². The van der Waals surface area contributed by atoms with Gasteiger partial charge in [0.15, 0.2) is 5.78 Å². The first-order chi connectivity index (χ1) is 7.66. The number of hydrogen-bond donors (Lipinski definition) is 0. The number of halogens is 1. The van der Waals surface area contributed by atoms with E-state index in [9.17, 15) is 9.18 Å². The van der Waals surface area contributed by atoms with Crippen LogP contribution in [0, 0.1) is 5.82 Å². The molecule has 86 valence electrons. The van der Waals surface area contributed by atoms with E-state index in [1.165, 1.54) is 12.1 Å². The molecule has 1 fully saturated rings. The molecule has 0 spiro atoms. The summed E-state index contributed by atoms with van der Waals surface area (Å²) in [6.07, 6.45) is 2.30. The summed E-state index contributed by atoms with van der Waals surface area (Å²) in [7, 11) is 0. The van der Waals surface area contributed by atoms with Gasteiger partial charge in [-0.3, -0.25) is 9.69 Å². The van der Waals surface area contributed by atoms with Crippen molar-refractivity contribution in [2.45, 2.75) is 25.8 Å². The Morgan fingerprint density at radius 3 is 3.00 bits per heavy atom. The highest BCUT2D eigenvalue weighted by Crippen LogP contribution is 2.17. The van der Waals surface area contributed by atoms with Crippen LogP contribution in [0.5, 0.6) is 0 Å². The Bertz CT molecular complexity index is 391. The van der Waals surface area contributed by atoms with E-state index >= 15 is 0 Å². The fraction of sp³-hybridized carbons (Fsp3) is 0.462. The maximum Gasteiger partial charge on any atom is 0.176 e. The Balaban J connectivity index is 2.03. The van der Waals surface area contributed by atoms with E-state index in [0.29, 0.717) is 18.2 Å². The van der Waals surface area contributed by atoms with Crippen molar-refractivity contribution >= 4 is 5.78 Å². The standard InChI is InChI=1S/C13H16FNO/c1-10-4-3-7-15(10)9-13(16)11-5-2-6-12(14)8-11/h2,5-6,8,10H,3-4,7,9H2,1H3. The summed E-state index contributed by atoms with van der Waals surface area (Å²) in [5, 5.41) is 0. The molecule has 1 aromatic carbocycles. The third-order valence-corrected chi connectivity index (χ3v) is 3.18. The third kappa shape index (κ3) is 2.47. The second-order valence-corrected chi connectivity index (χ2v) is 4.40. The van der Waals surface area contributed by atoms with Crippen LogP contribution in [0.15, 0.2) is 24.3 Å². The van der Waals surface area contributed by atoms with Gasteiger partial charge in [0, 0.05) is 11.6 Å². The number of rotatable bonds is 3. The molecule has 0 amide bonds. The highest BCUT2D eigenvalue weighted by Gasteiger charge is 2.22. The monoisotopic (exact) mass is 221 g/mol. The van der Waals surface area contributed by atoms with E-state index in [0.717, 1.165) is 19.4 Å². The van der Waals surface area contributed by atoms with Crippen molar-refractivity contribution < 1.29 is 9.18 Å². The van der Waals surface area contributed by atoms with Gasteiger partial charge >= 0.3 is 0 Å². The second kappa shape index (κ2) is 4.74. The number of carbonyl (C=O) groups excluding carboxylic acids is 1. The number of nitrogens with zero attached hydrogens (tertiary/aromatic N) is 1. The Hall–Kier alpha value is -1.22. The molecule has 0 radical (unpaired) electrons. The van der Waals surface area contributed by atoms with Gasteiger partial charge in [-0.05, 0) is 38.4 Å². The van der Waals surface area contributed by atoms with E-state index in [1.54, 1.807) is 12.1 Å². The van der Waals surface area contributed by atoms with Gasteiger partial charge in [0.25, 0.3) is 0 Å². The minimum absolute atomic E-state index is 0.00764. The van der Waals surface area contributed by atoms with Gasteiger partial charge in [0.2, 0.25) is 0 Å². The topological polar surface area (TPSA) is 20.3 Å². The molecular weight excluding hydrogens is 205 g/mol. The van der Waals surface area contributed by atoms with Crippen molar-refractivity contribution in [3.8, 4) is 0 Å². The molecule has 1 saturated heterocycles. The maximum atomic E-state index is 13.0. The van der Waals surface area contributed by atoms with Gasteiger partial charge in [0.1, 0.15) is 5.82 Å². The number of Topliss-reactive ketones (excluding diaryl/α,β-unsaturated/α-hetero) is 1. The Morgan fingerprint density at radius 1 is 1.56 bits per heavy atom. The molecule has 0 aliphatic carbocycles. The molecule has 1 aromatic rings. The van der Waals surface area contributed by atoms with Crippen LogP contribution in [0.25, 0.3) is 0 Å². The quantitative estimate of drug-likeness (QED) is 0.731. The smallest absolute Gasteiger partial charge is 0.176 e. The van der Waals surface area contributed by atoms with Crippen LogP contribution < -0.4 is 0 Å². The fourth-order valence-electron chi connectivity index (χ4n) is 2.17. The molecule has 3 heteroatoms. The van der Waals surface area contributed by atoms with Gasteiger partial charge in [0.05, 0.1) is 6.54 Å². The SMILES string of the molecule is CC1CCCN1CC(=O)c1cccc(F)c1. The van der Waals surface area contributed by atoms with Crippen molar-refractivity contribution in [2.75, 3.05) is 13.1 Å². The largest absolute Gasteiger partial charge is 0.293 e. The van der Waals surface area contributed by atoms with E-state index in [1.807, 2.05) is 0 Å². The number of benzene rings is 1. The summed E-state index contributed by atoms with van der Waals surface area (Å²) in [5.74, 6) is -0.339. The first kappa shape index (κ1) is 11.3. The first-order valence-corrected chi connectivity index (χ1v) is 5.69. The maximum absolute atomic E-state index is 13.0. The molecule has 1 heterocycles. The van der Waals surface area contributed by atoms with E-state index < -0.39 is 0 Å². The van der Waals surface area contributed by atoms with Crippen molar-refractivity contribution in [3.05, 3.63) is 35.6 Å². The van der Waals surface area contributed by atoms with E-state index in [4.69, 9.17) is 0 Å². The van der Waals surface area contributed by atoms with Crippen LogP contribution in [0.2, 0.25) is 0 Å². The molecule has 16 heavy (non-hydrogen) atoms. The zero-order chi connectivity index (χ0) is 11.5. The zero-order valence-electron chi connectivity index (χ0n) is 9.45. The molecule has 2 nitrogen and oxygen atoms in total. The molecule has 1 aliphatic rings. The molecule has 0 saturated carbocycles. The lowest BCUT2D eigenvalue weighted by Gasteiger charge is -2.19. The van der Waals surface area contributed by atoms with Crippen molar-refractivity contribution in [1.82, 2.24) is 4.90 Å². The first-order valence-electron chi connectivity index (χ1n) is 5.69. The third-order valence-electron chi connectivity index (χ3n) is 3.18. The second-order valence-electron chi connectivity index (χ2n) is 4.40. The summed E-state index contributed by atoms with van der Waals surface area (Å²) in [5.41, 5.74) is 0.471. The molecular formula is C13H16FNO. The van der Waals surface area contributed by atoms with Gasteiger partial charge in [-0.1, -0.05) is 12.1 Å². The minimum Gasteiger partial charge on any atom is -0.293 e. The highest BCUT2D eigenvalue weighted by atomic mass is 19.1. The van der Waals surface area contributed by atoms with Crippen molar-refractivity contribution in [1.29, 1.82) is 0 Å². The Kier molecular flexibility index (Phi) is 3.34. The van der Waals surface area contributed by atoms with Gasteiger partial charge in [-0.15, -0.1) is 0 Å². The molecule has 1 aliphatic heterocycles. The van der Waals surface area contributed by atoms with Gasteiger partial charge < -0.3 is 0 Å². The number of ketones is 1. The molecule has 0 N–H and O–H groups in total. The Labute approximate surface area is 95.1 Å². The normalized spacial score (nSPS) is 21.2. The minimum atomic E-state index is -0.347. The molecule has 1 atom stereocenters. The Morgan fingerprint density at radius 2 is 2.38 bits per heavy atom. The van der Waals surface area contributed by atoms with Crippen LogP contribution in [0.1, 0.15) is 30.1 Å². The average Bonchev–Trinajstić information content (AvgIpc) is 2.64. The van der Waals surface area contributed by atoms with E-state index in [2.05, 4.69) is 11.8 Å². The predicted molar refractivity (Wildman–Crippen MR) is 61.0 cm³/mol. The van der Waals surface area contributed by atoms with Crippen LogP contribution in [0.4, 0.5) is 4.39 Å². The summed E-state index contributed by atoms with van der Waals surface area (Å²) in [6.45, 7) is 3.51. The van der Waals surface area contributed by atoms with Crippen LogP contribution in [-0.2, 0) is 0 Å². The summed E-state index contributed by atoms with van der Waals surface area (Å²) in [4.78, 5) is 14.1. The van der Waals surface area contributed by atoms with Gasteiger partial charge in [-0.2, -0.15) is 0 Å². The molecule has 0 aromatic heterocycles. The fourth-order valence-corrected chi connectivity index (χ4v) is 2.17. The number of likely N-dealkylation sites (tertiary alicyclic amines) is 1. The summed E-state index contributed by atoms with van der Waals surface area (Å²) in [6, 6.07) is 6.39. The lowest BCUT2D eigenvalue weighted by Crippen LogP contribution is -2.32. The number of hydrogen-bond acceptors (Lipinski definition) is 2. The molecule has 0 bridgehead atoms. The van der Waals surface area contributed by atoms with Gasteiger partial charge in [-0.25, -0.2) is 4.39 Å². The van der Waals surface area contributed by atoms with Crippen LogP contribution >= 0.6 is 0 Å². The van der Waals surface area contributed by atoms with Crippen LogP contribution in [-0.4, -0.2) is 29.8 Å². The highest BCUT2D eigenvalue weighted by molar-refractivity contribution is 5.97. The summed E-state index contributed by atoms with van der Waals surface area (Å²) < 4.78 is 13.0. The van der Waals surface area contributed by atoms with E-state index in [-0.39, 0.29) is 11.6 Å². The average molecular weight is 221 g/mol. The van der Waals surface area contributed by atoms with Crippen LogP contribution in [0.3, 0.4) is 0 Å². The molecule has 1 unspecified atom stereocenters.